The highest BCUT2D eigenvalue weighted by molar-refractivity contribution is 6.44. The van der Waals surface area contributed by atoms with Crippen LogP contribution in [0.15, 0.2) is 24.3 Å². The van der Waals surface area contributed by atoms with E-state index in [2.05, 4.69) is 10.3 Å². The highest BCUT2D eigenvalue weighted by atomic mass is 19.1. The molecule has 6 nitrogen and oxygen atoms in total. The molecule has 0 spiro atoms. The van der Waals surface area contributed by atoms with E-state index in [1.54, 1.807) is 12.3 Å². The molecule has 0 fully saturated rings. The van der Waals surface area contributed by atoms with E-state index in [4.69, 9.17) is 19.6 Å². The van der Waals surface area contributed by atoms with E-state index >= 15 is 0 Å². The van der Waals surface area contributed by atoms with Gasteiger partial charge in [-0.25, -0.2) is 8.78 Å². The van der Waals surface area contributed by atoms with E-state index in [1.165, 1.54) is 27.5 Å². The molecule has 0 saturated heterocycles. The number of anilines is 1. The third-order valence-corrected chi connectivity index (χ3v) is 4.07. The average Bonchev–Trinajstić information content (AvgIpc) is 2.72. The molecule has 0 saturated carbocycles. The van der Waals surface area contributed by atoms with Gasteiger partial charge in [-0.1, -0.05) is 6.82 Å². The minimum Gasteiger partial charge on any atom is -0.496 e. The van der Waals surface area contributed by atoms with Crippen molar-refractivity contribution in [3.8, 4) is 17.2 Å². The molecule has 0 unspecified atom stereocenters. The summed E-state index contributed by atoms with van der Waals surface area (Å²) < 4.78 is 44.2. The van der Waals surface area contributed by atoms with Crippen molar-refractivity contribution >= 4 is 24.8 Å². The summed E-state index contributed by atoms with van der Waals surface area (Å²) in [6, 6.07) is 2.83. The summed E-state index contributed by atoms with van der Waals surface area (Å²) in [6.07, 6.45) is 2.76. The smallest absolute Gasteiger partial charge is 0.191 e. The first-order valence-electron chi connectivity index (χ1n) is 8.58. The molecule has 2 N–H and O–H groups in total. The predicted octanol–water partition coefficient (Wildman–Crippen LogP) is 3.47. The van der Waals surface area contributed by atoms with Crippen LogP contribution < -0.4 is 19.5 Å². The molecular weight excluding hydrogens is 367 g/mol. The Morgan fingerprint density at radius 2 is 1.71 bits per heavy atom. The summed E-state index contributed by atoms with van der Waals surface area (Å²) in [4.78, 5) is 4.33. The Hall–Kier alpha value is -3.10. The number of allylic oxidation sites excluding steroid dienone is 1. The number of nitrogens with one attached hydrogen (secondary N) is 2. The minimum absolute atomic E-state index is 0.0536. The molecule has 1 aromatic carbocycles. The van der Waals surface area contributed by atoms with E-state index in [0.717, 1.165) is 13.3 Å². The van der Waals surface area contributed by atoms with Crippen LogP contribution in [-0.4, -0.2) is 39.8 Å². The number of halogens is 2. The number of aromatic nitrogens is 1. The quantitative estimate of drug-likeness (QED) is 0.507. The molecule has 0 radical (unpaired) electrons. The molecule has 148 valence electrons. The lowest BCUT2D eigenvalue weighted by molar-refractivity contribution is 0.360. The Labute approximate surface area is 163 Å². The van der Waals surface area contributed by atoms with Crippen LogP contribution in [0.4, 0.5) is 14.5 Å². The summed E-state index contributed by atoms with van der Waals surface area (Å²) in [5.74, 6) is 0.364. The largest absolute Gasteiger partial charge is 0.496 e. The van der Waals surface area contributed by atoms with Gasteiger partial charge < -0.3 is 24.9 Å². The number of rotatable bonds is 9. The summed E-state index contributed by atoms with van der Waals surface area (Å²) >= 11 is 0. The maximum absolute atomic E-state index is 14.5. The second-order valence-corrected chi connectivity index (χ2v) is 5.73. The van der Waals surface area contributed by atoms with Crippen molar-refractivity contribution in [1.29, 1.82) is 5.41 Å². The van der Waals surface area contributed by atoms with Crippen LogP contribution in [0.2, 0.25) is 6.82 Å². The number of hydrogen-bond donors (Lipinski definition) is 2. The third kappa shape index (κ3) is 4.41. The molecule has 9 heteroatoms. The van der Waals surface area contributed by atoms with E-state index in [0.29, 0.717) is 22.6 Å². The van der Waals surface area contributed by atoms with Gasteiger partial charge in [-0.3, -0.25) is 4.98 Å². The number of nitrogens with zero attached hydrogens (tertiary/aromatic N) is 1. The third-order valence-electron chi connectivity index (χ3n) is 4.07. The Balaban J connectivity index is 2.35. The van der Waals surface area contributed by atoms with Crippen molar-refractivity contribution in [2.75, 3.05) is 26.6 Å². The van der Waals surface area contributed by atoms with Crippen molar-refractivity contribution in [2.24, 2.45) is 0 Å². The van der Waals surface area contributed by atoms with Gasteiger partial charge in [0.1, 0.15) is 18.7 Å². The number of hydrogen-bond acceptors (Lipinski definition) is 6. The van der Waals surface area contributed by atoms with Crippen molar-refractivity contribution in [2.45, 2.75) is 13.4 Å². The minimum atomic E-state index is -0.860. The zero-order chi connectivity index (χ0) is 20.7. The van der Waals surface area contributed by atoms with E-state index in [9.17, 15) is 8.78 Å². The van der Waals surface area contributed by atoms with Crippen LogP contribution in [0.1, 0.15) is 11.3 Å². The molecule has 0 aliphatic carbocycles. The van der Waals surface area contributed by atoms with Gasteiger partial charge in [0.2, 0.25) is 0 Å². The van der Waals surface area contributed by atoms with Gasteiger partial charge in [-0.2, -0.15) is 0 Å². The molecule has 0 bridgehead atoms. The second kappa shape index (κ2) is 9.73. The summed E-state index contributed by atoms with van der Waals surface area (Å²) in [6.45, 7) is 2.02. The van der Waals surface area contributed by atoms with Gasteiger partial charge in [0.15, 0.2) is 23.1 Å². The summed E-state index contributed by atoms with van der Waals surface area (Å²) in [7, 11) is 4.83. The van der Waals surface area contributed by atoms with Crippen molar-refractivity contribution < 1.29 is 23.0 Å². The predicted molar refractivity (Wildman–Crippen MR) is 107 cm³/mol. The molecule has 0 atom stereocenters. The number of ether oxygens (including phenoxy) is 3. The fraction of sp³-hybridized carbons (Fsp3) is 0.263. The number of benzene rings is 1. The first-order valence-corrected chi connectivity index (χ1v) is 8.58. The van der Waals surface area contributed by atoms with Gasteiger partial charge >= 0.3 is 0 Å². The topological polar surface area (TPSA) is 76.5 Å². The lowest BCUT2D eigenvalue weighted by Gasteiger charge is -2.15. The Morgan fingerprint density at radius 1 is 1.11 bits per heavy atom. The molecule has 1 heterocycles. The summed E-state index contributed by atoms with van der Waals surface area (Å²) in [5, 5.41) is 10.2. The van der Waals surface area contributed by atoms with Gasteiger partial charge in [-0.05, 0) is 0 Å². The molecule has 2 rings (SSSR count). The van der Waals surface area contributed by atoms with E-state index < -0.39 is 11.6 Å². The maximum Gasteiger partial charge on any atom is 0.191 e. The highest BCUT2D eigenvalue weighted by Gasteiger charge is 2.20. The Morgan fingerprint density at radius 3 is 2.21 bits per heavy atom. The standard InChI is InChI=1S/C19H22BF2N3O3/c1-20-7-11(8-23)13-5-14(26-2)12(9-24-13)10-25-19-17(21)15(27-3)6-16(28-4)18(19)22/h5-9,20,23,25H,10H2,1-4H3/b11-7+,23-8?. The van der Waals surface area contributed by atoms with Crippen LogP contribution in [-0.2, 0) is 6.54 Å². The van der Waals surface area contributed by atoms with E-state index in [-0.39, 0.29) is 23.7 Å². The monoisotopic (exact) mass is 389 g/mol. The molecule has 28 heavy (non-hydrogen) atoms. The molecular formula is C19H22BF2N3O3. The van der Waals surface area contributed by atoms with E-state index in [1.807, 2.05) is 12.8 Å². The van der Waals surface area contributed by atoms with Gasteiger partial charge in [0.25, 0.3) is 0 Å². The average molecular weight is 389 g/mol. The zero-order valence-electron chi connectivity index (χ0n) is 16.2. The van der Waals surface area contributed by atoms with Crippen molar-refractivity contribution in [3.63, 3.8) is 0 Å². The van der Waals surface area contributed by atoms with Crippen LogP contribution in [0.5, 0.6) is 17.2 Å². The van der Waals surface area contributed by atoms with Crippen molar-refractivity contribution in [1.82, 2.24) is 4.98 Å². The van der Waals surface area contributed by atoms with Crippen LogP contribution in [0.25, 0.3) is 5.57 Å². The maximum atomic E-state index is 14.5. The lowest BCUT2D eigenvalue weighted by Crippen LogP contribution is -2.08. The fourth-order valence-corrected chi connectivity index (χ4v) is 2.63. The Kier molecular flexibility index (Phi) is 7.37. The molecule has 0 amide bonds. The van der Waals surface area contributed by atoms with Gasteiger partial charge in [-0.15, -0.1) is 5.98 Å². The zero-order valence-corrected chi connectivity index (χ0v) is 16.2. The normalized spacial score (nSPS) is 11.0. The van der Waals surface area contributed by atoms with Gasteiger partial charge in [0, 0.05) is 42.2 Å². The molecule has 2 aromatic rings. The fourth-order valence-electron chi connectivity index (χ4n) is 2.63. The summed E-state index contributed by atoms with van der Waals surface area (Å²) in [5.41, 5.74) is 1.47. The Bertz CT molecular complexity index is 863. The molecule has 0 aliphatic rings. The SMILES string of the molecule is CB/C=C(\C=N)c1cc(OC)c(CNc2c(F)c(OC)cc(OC)c2F)cn1. The first-order chi connectivity index (χ1) is 13.5. The van der Waals surface area contributed by atoms with Crippen LogP contribution >= 0.6 is 0 Å². The lowest BCUT2D eigenvalue weighted by atomic mass is 9.80. The van der Waals surface area contributed by atoms with Crippen molar-refractivity contribution in [3.05, 3.63) is 47.2 Å². The van der Waals surface area contributed by atoms with Crippen LogP contribution in [0.3, 0.4) is 0 Å². The molecule has 0 aliphatic heterocycles. The highest BCUT2D eigenvalue weighted by Crippen LogP contribution is 2.35. The number of pyridine rings is 1. The number of methoxy groups -OCH3 is 3. The van der Waals surface area contributed by atoms with Crippen LogP contribution in [0, 0.1) is 17.0 Å². The first kappa shape index (κ1) is 21.2. The van der Waals surface area contributed by atoms with Gasteiger partial charge in [0.05, 0.1) is 27.0 Å². The second-order valence-electron chi connectivity index (χ2n) is 5.73. The molecule has 1 aromatic heterocycles.